The van der Waals surface area contributed by atoms with Gasteiger partial charge in [0.25, 0.3) is 0 Å². The van der Waals surface area contributed by atoms with Crippen molar-refractivity contribution in [3.05, 3.63) is 23.8 Å². The molecule has 88 valence electrons. The highest BCUT2D eigenvalue weighted by Crippen LogP contribution is 2.28. The van der Waals surface area contributed by atoms with Crippen molar-refractivity contribution in [3.63, 3.8) is 0 Å². The van der Waals surface area contributed by atoms with Crippen LogP contribution in [0.4, 0.5) is 0 Å². The molecular weight excluding hydrogens is 272 g/mol. The van der Waals surface area contributed by atoms with Gasteiger partial charge in [0.1, 0.15) is 5.78 Å². The predicted octanol–water partition coefficient (Wildman–Crippen LogP) is 2.60. The third kappa shape index (κ3) is 3.52. The molecule has 0 aliphatic carbocycles. The molecule has 0 radical (unpaired) electrons. The van der Waals surface area contributed by atoms with Crippen LogP contribution in [0.3, 0.4) is 0 Å². The minimum Gasteiger partial charge on any atom is -0.493 e. The molecule has 0 saturated heterocycles. The number of hydrogen-bond acceptors (Lipinski definition) is 3. The third-order valence-electron chi connectivity index (χ3n) is 2.08. The number of Topliss-reactive ketones (excluding diaryl/α,β-unsaturated/α-hetero) is 1. The normalized spacial score (nSPS) is 9.94. The first kappa shape index (κ1) is 13.0. The lowest BCUT2D eigenvalue weighted by Crippen LogP contribution is -2.04. The van der Waals surface area contributed by atoms with E-state index in [1.54, 1.807) is 7.11 Å². The summed E-state index contributed by atoms with van der Waals surface area (Å²) in [6, 6.07) is 5.55. The molecule has 4 heteroatoms. The number of ketones is 1. The van der Waals surface area contributed by atoms with Crippen LogP contribution in [0.2, 0.25) is 0 Å². The predicted molar refractivity (Wildman–Crippen MR) is 66.7 cm³/mol. The monoisotopic (exact) mass is 286 g/mol. The number of rotatable bonds is 6. The van der Waals surface area contributed by atoms with E-state index in [0.29, 0.717) is 29.9 Å². The van der Waals surface area contributed by atoms with Crippen LogP contribution in [0.25, 0.3) is 0 Å². The lowest BCUT2D eigenvalue weighted by molar-refractivity contribution is -0.115. The largest absolute Gasteiger partial charge is 0.493 e. The van der Waals surface area contributed by atoms with Gasteiger partial charge < -0.3 is 9.47 Å². The number of methoxy groups -OCH3 is 1. The Kier molecular flexibility index (Phi) is 5.32. The Balaban J connectivity index is 2.88. The molecular formula is C12H15BrO3. The summed E-state index contributed by atoms with van der Waals surface area (Å²) in [6.45, 7) is 2.49. The molecule has 0 aliphatic heterocycles. The Morgan fingerprint density at radius 3 is 2.69 bits per heavy atom. The van der Waals surface area contributed by atoms with Gasteiger partial charge in [0.15, 0.2) is 11.5 Å². The van der Waals surface area contributed by atoms with Crippen molar-refractivity contribution >= 4 is 21.7 Å². The first-order valence-corrected chi connectivity index (χ1v) is 6.20. The molecule has 0 aliphatic rings. The first-order valence-electron chi connectivity index (χ1n) is 5.08. The van der Waals surface area contributed by atoms with E-state index >= 15 is 0 Å². The molecule has 0 spiro atoms. The number of carbonyl (C=O) groups is 1. The molecule has 0 aromatic heterocycles. The van der Waals surface area contributed by atoms with Crippen LogP contribution in [0.5, 0.6) is 11.5 Å². The summed E-state index contributed by atoms with van der Waals surface area (Å²) in [5.41, 5.74) is 0.939. The molecule has 0 unspecified atom stereocenters. The number of benzene rings is 1. The average Bonchev–Trinajstić information content (AvgIpc) is 2.30. The van der Waals surface area contributed by atoms with Crippen LogP contribution >= 0.6 is 15.9 Å². The van der Waals surface area contributed by atoms with Gasteiger partial charge in [-0.25, -0.2) is 0 Å². The Morgan fingerprint density at radius 1 is 1.38 bits per heavy atom. The second-order valence-electron chi connectivity index (χ2n) is 3.27. The van der Waals surface area contributed by atoms with E-state index in [-0.39, 0.29) is 5.78 Å². The summed E-state index contributed by atoms with van der Waals surface area (Å²) in [5.74, 6) is 1.52. The van der Waals surface area contributed by atoms with E-state index in [1.165, 1.54) is 0 Å². The Bertz CT molecular complexity index is 363. The van der Waals surface area contributed by atoms with Crippen LogP contribution in [-0.4, -0.2) is 24.8 Å². The smallest absolute Gasteiger partial charge is 0.161 e. The zero-order chi connectivity index (χ0) is 12.0. The third-order valence-corrected chi connectivity index (χ3v) is 2.70. The average molecular weight is 287 g/mol. The number of alkyl halides is 1. The van der Waals surface area contributed by atoms with E-state index in [4.69, 9.17) is 9.47 Å². The standard InChI is InChI=1S/C12H15BrO3/c1-3-16-12-7-9(6-10(14)8-13)4-5-11(12)15-2/h4-5,7H,3,6,8H2,1-2H3. The van der Waals surface area contributed by atoms with Gasteiger partial charge in [-0.2, -0.15) is 0 Å². The van der Waals surface area contributed by atoms with Crippen molar-refractivity contribution in [1.82, 2.24) is 0 Å². The second kappa shape index (κ2) is 6.53. The van der Waals surface area contributed by atoms with Crippen LogP contribution in [0, 0.1) is 0 Å². The maximum atomic E-state index is 11.3. The zero-order valence-electron chi connectivity index (χ0n) is 9.46. The van der Waals surface area contributed by atoms with Crippen LogP contribution in [0.15, 0.2) is 18.2 Å². The fourth-order valence-corrected chi connectivity index (χ4v) is 1.57. The molecule has 0 amide bonds. The van der Waals surface area contributed by atoms with E-state index in [9.17, 15) is 4.79 Å². The van der Waals surface area contributed by atoms with Crippen LogP contribution in [0.1, 0.15) is 12.5 Å². The topological polar surface area (TPSA) is 35.5 Å². The minimum absolute atomic E-state index is 0.146. The van der Waals surface area contributed by atoms with Crippen LogP contribution < -0.4 is 9.47 Å². The molecule has 16 heavy (non-hydrogen) atoms. The Labute approximate surface area is 104 Å². The van der Waals surface area contributed by atoms with Crippen molar-refractivity contribution in [3.8, 4) is 11.5 Å². The summed E-state index contributed by atoms with van der Waals surface area (Å²) in [5, 5.41) is 0.378. The highest BCUT2D eigenvalue weighted by atomic mass is 79.9. The van der Waals surface area contributed by atoms with Gasteiger partial charge in [0.2, 0.25) is 0 Å². The lowest BCUT2D eigenvalue weighted by Gasteiger charge is -2.10. The van der Waals surface area contributed by atoms with E-state index < -0.39 is 0 Å². The van der Waals surface area contributed by atoms with Gasteiger partial charge in [0, 0.05) is 6.42 Å². The van der Waals surface area contributed by atoms with Gasteiger partial charge in [-0.15, -0.1) is 0 Å². The van der Waals surface area contributed by atoms with Gasteiger partial charge in [-0.1, -0.05) is 22.0 Å². The quantitative estimate of drug-likeness (QED) is 0.754. The lowest BCUT2D eigenvalue weighted by atomic mass is 10.1. The number of carbonyl (C=O) groups excluding carboxylic acids is 1. The molecule has 0 bridgehead atoms. The first-order chi connectivity index (χ1) is 7.71. The summed E-state index contributed by atoms with van der Waals surface area (Å²) in [4.78, 5) is 11.3. The highest BCUT2D eigenvalue weighted by molar-refractivity contribution is 9.09. The molecule has 0 N–H and O–H groups in total. The molecule has 0 saturated carbocycles. The molecule has 0 heterocycles. The van der Waals surface area contributed by atoms with Gasteiger partial charge >= 0.3 is 0 Å². The summed E-state index contributed by atoms with van der Waals surface area (Å²) < 4.78 is 10.6. The van der Waals surface area contributed by atoms with Crippen molar-refractivity contribution in [2.24, 2.45) is 0 Å². The number of ether oxygens (including phenoxy) is 2. The molecule has 1 aromatic carbocycles. The van der Waals surface area contributed by atoms with Crippen molar-refractivity contribution < 1.29 is 14.3 Å². The van der Waals surface area contributed by atoms with Crippen molar-refractivity contribution in [2.75, 3.05) is 19.0 Å². The maximum absolute atomic E-state index is 11.3. The number of hydrogen-bond donors (Lipinski definition) is 0. The fourth-order valence-electron chi connectivity index (χ4n) is 1.37. The van der Waals surface area contributed by atoms with Crippen molar-refractivity contribution in [1.29, 1.82) is 0 Å². The summed E-state index contributed by atoms with van der Waals surface area (Å²) in [7, 11) is 1.60. The minimum atomic E-state index is 0.146. The maximum Gasteiger partial charge on any atom is 0.161 e. The van der Waals surface area contributed by atoms with Gasteiger partial charge in [-0.3, -0.25) is 4.79 Å². The second-order valence-corrected chi connectivity index (χ2v) is 3.83. The molecule has 0 atom stereocenters. The Morgan fingerprint density at radius 2 is 2.12 bits per heavy atom. The molecule has 3 nitrogen and oxygen atoms in total. The summed E-state index contributed by atoms with van der Waals surface area (Å²) >= 11 is 3.14. The van der Waals surface area contributed by atoms with Gasteiger partial charge in [-0.05, 0) is 24.6 Å². The number of halogens is 1. The Hall–Kier alpha value is -1.03. The highest BCUT2D eigenvalue weighted by Gasteiger charge is 2.07. The molecule has 1 aromatic rings. The molecule has 1 rings (SSSR count). The summed E-state index contributed by atoms with van der Waals surface area (Å²) in [6.07, 6.45) is 0.412. The van der Waals surface area contributed by atoms with E-state index in [1.807, 2.05) is 25.1 Å². The molecule has 0 fully saturated rings. The fraction of sp³-hybridized carbons (Fsp3) is 0.417. The van der Waals surface area contributed by atoms with Gasteiger partial charge in [0.05, 0.1) is 19.0 Å². The van der Waals surface area contributed by atoms with E-state index in [0.717, 1.165) is 5.56 Å². The van der Waals surface area contributed by atoms with E-state index in [2.05, 4.69) is 15.9 Å². The zero-order valence-corrected chi connectivity index (χ0v) is 11.0. The SMILES string of the molecule is CCOc1cc(CC(=O)CBr)ccc1OC. The van der Waals surface area contributed by atoms with Crippen molar-refractivity contribution in [2.45, 2.75) is 13.3 Å². The van der Waals surface area contributed by atoms with Crippen LogP contribution in [-0.2, 0) is 11.2 Å².